The van der Waals surface area contributed by atoms with Crippen LogP contribution in [0.15, 0.2) is 48.7 Å². The third-order valence-electron chi connectivity index (χ3n) is 3.60. The molecule has 0 aliphatic rings. The smallest absolute Gasteiger partial charge is 0.249 e. The Labute approximate surface area is 146 Å². The average molecular weight is 340 g/mol. The molecular formula is C18H18ClN5. The average Bonchev–Trinajstić information content (AvgIpc) is 2.58. The first-order valence-corrected chi connectivity index (χ1v) is 8.00. The minimum absolute atomic E-state index is 0.425. The van der Waals surface area contributed by atoms with Crippen LogP contribution in [0.1, 0.15) is 16.7 Å². The largest absolute Gasteiger partial charge is 0.365 e. The third kappa shape index (κ3) is 4.20. The molecule has 0 saturated heterocycles. The molecule has 2 aromatic carbocycles. The summed E-state index contributed by atoms with van der Waals surface area (Å²) in [5.41, 5.74) is 4.34. The lowest BCUT2D eigenvalue weighted by Crippen LogP contribution is -2.06. The number of nitrogens with zero attached hydrogens (tertiary/aromatic N) is 3. The molecule has 1 aromatic heterocycles. The summed E-state index contributed by atoms with van der Waals surface area (Å²) >= 11 is 6.03. The summed E-state index contributed by atoms with van der Waals surface area (Å²) in [7, 11) is 0. The van der Waals surface area contributed by atoms with Gasteiger partial charge in [0, 0.05) is 17.3 Å². The number of aryl methyl sites for hydroxylation is 2. The molecule has 3 rings (SSSR count). The van der Waals surface area contributed by atoms with Gasteiger partial charge in [0.05, 0.1) is 6.20 Å². The van der Waals surface area contributed by atoms with E-state index in [-0.39, 0.29) is 0 Å². The van der Waals surface area contributed by atoms with Crippen molar-refractivity contribution in [1.82, 2.24) is 15.2 Å². The van der Waals surface area contributed by atoms with Crippen LogP contribution < -0.4 is 10.6 Å². The summed E-state index contributed by atoms with van der Waals surface area (Å²) in [6, 6.07) is 14.0. The zero-order valence-corrected chi connectivity index (χ0v) is 14.3. The molecule has 0 radical (unpaired) electrons. The van der Waals surface area contributed by atoms with Gasteiger partial charge in [-0.15, -0.1) is 5.10 Å². The number of benzene rings is 2. The van der Waals surface area contributed by atoms with Crippen LogP contribution in [0.5, 0.6) is 0 Å². The van der Waals surface area contributed by atoms with E-state index >= 15 is 0 Å². The summed E-state index contributed by atoms with van der Waals surface area (Å²) in [4.78, 5) is 4.43. The quantitative estimate of drug-likeness (QED) is 0.716. The Kier molecular flexibility index (Phi) is 4.91. The maximum atomic E-state index is 6.03. The van der Waals surface area contributed by atoms with Crippen LogP contribution in [0.2, 0.25) is 5.02 Å². The Morgan fingerprint density at radius 2 is 1.83 bits per heavy atom. The minimum atomic E-state index is 0.425. The second-order valence-electron chi connectivity index (χ2n) is 5.59. The van der Waals surface area contributed by atoms with E-state index in [1.807, 2.05) is 25.1 Å². The van der Waals surface area contributed by atoms with Gasteiger partial charge < -0.3 is 10.6 Å². The molecule has 0 unspecified atom stereocenters. The molecule has 2 N–H and O–H groups in total. The second-order valence-corrected chi connectivity index (χ2v) is 6.03. The first kappa shape index (κ1) is 16.2. The maximum Gasteiger partial charge on any atom is 0.249 e. The number of nitrogens with one attached hydrogen (secondary N) is 2. The Morgan fingerprint density at radius 3 is 2.62 bits per heavy atom. The number of halogens is 1. The number of hydrogen-bond acceptors (Lipinski definition) is 5. The van der Waals surface area contributed by atoms with E-state index in [0.717, 1.165) is 11.3 Å². The lowest BCUT2D eigenvalue weighted by atomic mass is 10.1. The highest BCUT2D eigenvalue weighted by Crippen LogP contribution is 2.22. The Morgan fingerprint density at radius 1 is 1.04 bits per heavy atom. The van der Waals surface area contributed by atoms with Crippen molar-refractivity contribution in [3.8, 4) is 0 Å². The number of hydrogen-bond donors (Lipinski definition) is 2. The van der Waals surface area contributed by atoms with Gasteiger partial charge in [0.15, 0.2) is 5.82 Å². The van der Waals surface area contributed by atoms with Crippen LogP contribution in [0.4, 0.5) is 17.5 Å². The molecular weight excluding hydrogens is 322 g/mol. The first-order chi connectivity index (χ1) is 11.6. The Hall–Kier alpha value is -2.66. The van der Waals surface area contributed by atoms with Gasteiger partial charge in [-0.1, -0.05) is 47.5 Å². The summed E-state index contributed by atoms with van der Waals surface area (Å²) < 4.78 is 0. The minimum Gasteiger partial charge on any atom is -0.365 e. The van der Waals surface area contributed by atoms with Crippen molar-refractivity contribution in [2.45, 2.75) is 20.4 Å². The Bertz CT molecular complexity index is 833. The van der Waals surface area contributed by atoms with Crippen LogP contribution in [-0.4, -0.2) is 15.2 Å². The van der Waals surface area contributed by atoms with Crippen molar-refractivity contribution >= 4 is 29.1 Å². The fourth-order valence-electron chi connectivity index (χ4n) is 2.19. The second kappa shape index (κ2) is 7.27. The van der Waals surface area contributed by atoms with Crippen molar-refractivity contribution in [2.75, 3.05) is 10.6 Å². The van der Waals surface area contributed by atoms with Gasteiger partial charge in [0.1, 0.15) is 0 Å². The summed E-state index contributed by atoms with van der Waals surface area (Å²) in [5, 5.41) is 15.1. The molecule has 24 heavy (non-hydrogen) atoms. The van der Waals surface area contributed by atoms with Crippen molar-refractivity contribution in [2.24, 2.45) is 0 Å². The Balaban J connectivity index is 1.69. The van der Waals surface area contributed by atoms with Gasteiger partial charge in [-0.05, 0) is 37.1 Å². The van der Waals surface area contributed by atoms with E-state index in [9.17, 15) is 0 Å². The number of anilines is 3. The van der Waals surface area contributed by atoms with E-state index in [4.69, 9.17) is 11.6 Å². The highest BCUT2D eigenvalue weighted by atomic mass is 35.5. The maximum absolute atomic E-state index is 6.03. The fraction of sp³-hybridized carbons (Fsp3) is 0.167. The molecule has 0 aliphatic carbocycles. The van der Waals surface area contributed by atoms with Crippen molar-refractivity contribution in [3.63, 3.8) is 0 Å². The van der Waals surface area contributed by atoms with Crippen LogP contribution in [0, 0.1) is 13.8 Å². The molecule has 0 aliphatic heterocycles. The fourth-order valence-corrected chi connectivity index (χ4v) is 2.36. The zero-order valence-electron chi connectivity index (χ0n) is 13.5. The van der Waals surface area contributed by atoms with Crippen LogP contribution >= 0.6 is 11.6 Å². The lowest BCUT2D eigenvalue weighted by molar-refractivity contribution is 0.965. The molecule has 0 fully saturated rings. The molecule has 0 spiro atoms. The van der Waals surface area contributed by atoms with Gasteiger partial charge in [-0.3, -0.25) is 0 Å². The zero-order chi connectivity index (χ0) is 16.9. The van der Waals surface area contributed by atoms with E-state index in [1.54, 1.807) is 6.20 Å². The molecule has 0 saturated carbocycles. The molecule has 3 aromatic rings. The SMILES string of the molecule is Cc1ccc(CNc2cnnc(Nc3cc(Cl)ccc3C)n2)cc1. The molecule has 0 amide bonds. The summed E-state index contributed by atoms with van der Waals surface area (Å²) in [6.07, 6.45) is 1.60. The van der Waals surface area contributed by atoms with E-state index in [0.29, 0.717) is 23.3 Å². The van der Waals surface area contributed by atoms with E-state index < -0.39 is 0 Å². The predicted molar refractivity (Wildman–Crippen MR) is 97.8 cm³/mol. The molecule has 122 valence electrons. The molecule has 0 atom stereocenters. The first-order valence-electron chi connectivity index (χ1n) is 7.62. The van der Waals surface area contributed by atoms with Gasteiger partial charge >= 0.3 is 0 Å². The lowest BCUT2D eigenvalue weighted by Gasteiger charge is -2.10. The summed E-state index contributed by atoms with van der Waals surface area (Å²) in [6.45, 7) is 4.74. The van der Waals surface area contributed by atoms with Crippen molar-refractivity contribution < 1.29 is 0 Å². The standard InChI is InChI=1S/C18H18ClN5/c1-12-3-6-14(7-4-12)10-20-17-11-21-24-18(23-17)22-16-9-15(19)8-5-13(16)2/h3-9,11H,10H2,1-2H3,(H2,20,22,23,24). The normalized spacial score (nSPS) is 10.5. The topological polar surface area (TPSA) is 62.7 Å². The monoisotopic (exact) mass is 339 g/mol. The number of aromatic nitrogens is 3. The van der Waals surface area contributed by atoms with Crippen LogP contribution in [-0.2, 0) is 6.54 Å². The highest BCUT2D eigenvalue weighted by Gasteiger charge is 2.04. The van der Waals surface area contributed by atoms with E-state index in [1.165, 1.54) is 11.1 Å². The molecule has 6 heteroatoms. The third-order valence-corrected chi connectivity index (χ3v) is 3.83. The molecule has 1 heterocycles. The summed E-state index contributed by atoms with van der Waals surface area (Å²) in [5.74, 6) is 1.09. The van der Waals surface area contributed by atoms with E-state index in [2.05, 4.69) is 57.0 Å². The van der Waals surface area contributed by atoms with Crippen LogP contribution in [0.3, 0.4) is 0 Å². The molecule has 0 bridgehead atoms. The van der Waals surface area contributed by atoms with Gasteiger partial charge in [0.2, 0.25) is 5.95 Å². The highest BCUT2D eigenvalue weighted by molar-refractivity contribution is 6.30. The van der Waals surface area contributed by atoms with Crippen LogP contribution in [0.25, 0.3) is 0 Å². The van der Waals surface area contributed by atoms with Gasteiger partial charge in [-0.2, -0.15) is 10.1 Å². The van der Waals surface area contributed by atoms with Gasteiger partial charge in [-0.25, -0.2) is 0 Å². The number of rotatable bonds is 5. The molecule has 5 nitrogen and oxygen atoms in total. The van der Waals surface area contributed by atoms with Crippen molar-refractivity contribution in [3.05, 3.63) is 70.4 Å². The van der Waals surface area contributed by atoms with Crippen molar-refractivity contribution in [1.29, 1.82) is 0 Å². The predicted octanol–water partition coefficient (Wildman–Crippen LogP) is 4.50. The van der Waals surface area contributed by atoms with Gasteiger partial charge in [0.25, 0.3) is 0 Å².